The second kappa shape index (κ2) is 12.6. The SMILES string of the molecule is C=CC(=C)/C=C/C=C(\C)COC1CC(O)[C@H](OC2C[C@@H](O)[C@H](O)C(CO)O2)C(CO)O1. The van der Waals surface area contributed by atoms with Crippen molar-refractivity contribution in [1.29, 1.82) is 0 Å². The Bertz CT molecular complexity index is 647. The van der Waals surface area contributed by atoms with Gasteiger partial charge in [-0.2, -0.15) is 0 Å². The molecule has 0 aromatic heterocycles. The number of aliphatic hydroxyl groups is 5. The molecule has 2 aliphatic rings. The molecule has 176 valence electrons. The molecule has 0 bridgehead atoms. The molecule has 31 heavy (non-hydrogen) atoms. The predicted octanol–water partition coefficient (Wildman–Crippen LogP) is -0.0698. The summed E-state index contributed by atoms with van der Waals surface area (Å²) in [6, 6.07) is 0. The lowest BCUT2D eigenvalue weighted by Crippen LogP contribution is -2.56. The summed E-state index contributed by atoms with van der Waals surface area (Å²) in [4.78, 5) is 0. The van der Waals surface area contributed by atoms with Crippen molar-refractivity contribution in [3.63, 3.8) is 0 Å². The zero-order valence-electron chi connectivity index (χ0n) is 17.7. The first-order chi connectivity index (χ1) is 14.8. The smallest absolute Gasteiger partial charge is 0.161 e. The van der Waals surface area contributed by atoms with Gasteiger partial charge in [-0.3, -0.25) is 0 Å². The monoisotopic (exact) mass is 442 g/mol. The van der Waals surface area contributed by atoms with Crippen LogP contribution >= 0.6 is 0 Å². The van der Waals surface area contributed by atoms with E-state index in [9.17, 15) is 25.5 Å². The van der Waals surface area contributed by atoms with Crippen molar-refractivity contribution >= 4 is 0 Å². The summed E-state index contributed by atoms with van der Waals surface area (Å²) in [5.41, 5.74) is 1.71. The highest BCUT2D eigenvalue weighted by Gasteiger charge is 2.43. The summed E-state index contributed by atoms with van der Waals surface area (Å²) < 4.78 is 22.6. The summed E-state index contributed by atoms with van der Waals surface area (Å²) >= 11 is 0. The van der Waals surface area contributed by atoms with Crippen molar-refractivity contribution in [2.24, 2.45) is 0 Å². The van der Waals surface area contributed by atoms with Crippen LogP contribution in [0.3, 0.4) is 0 Å². The van der Waals surface area contributed by atoms with E-state index in [0.717, 1.165) is 11.1 Å². The highest BCUT2D eigenvalue weighted by molar-refractivity contribution is 5.28. The third-order valence-electron chi connectivity index (χ3n) is 5.16. The van der Waals surface area contributed by atoms with Crippen LogP contribution in [0.5, 0.6) is 0 Å². The van der Waals surface area contributed by atoms with Gasteiger partial charge in [0.05, 0.1) is 32.0 Å². The molecule has 5 unspecified atom stereocenters. The van der Waals surface area contributed by atoms with E-state index in [1.165, 1.54) is 0 Å². The van der Waals surface area contributed by atoms with Crippen LogP contribution in [0.2, 0.25) is 0 Å². The van der Waals surface area contributed by atoms with Gasteiger partial charge >= 0.3 is 0 Å². The Morgan fingerprint density at radius 3 is 2.32 bits per heavy atom. The topological polar surface area (TPSA) is 138 Å². The normalized spacial score (nSPS) is 37.2. The zero-order chi connectivity index (χ0) is 23.0. The van der Waals surface area contributed by atoms with E-state index >= 15 is 0 Å². The van der Waals surface area contributed by atoms with Crippen molar-refractivity contribution < 1.29 is 44.5 Å². The van der Waals surface area contributed by atoms with E-state index < -0.39 is 62.4 Å². The summed E-state index contributed by atoms with van der Waals surface area (Å²) in [6.45, 7) is 8.64. The van der Waals surface area contributed by atoms with Gasteiger partial charge in [-0.1, -0.05) is 37.5 Å². The van der Waals surface area contributed by atoms with E-state index in [2.05, 4.69) is 13.2 Å². The van der Waals surface area contributed by atoms with Crippen LogP contribution in [0, 0.1) is 0 Å². The van der Waals surface area contributed by atoms with E-state index in [4.69, 9.17) is 18.9 Å². The molecule has 0 aromatic carbocycles. The van der Waals surface area contributed by atoms with Gasteiger partial charge in [0, 0.05) is 12.8 Å². The number of rotatable bonds is 10. The Morgan fingerprint density at radius 1 is 1.03 bits per heavy atom. The minimum absolute atomic E-state index is 0.0469. The Morgan fingerprint density at radius 2 is 1.68 bits per heavy atom. The van der Waals surface area contributed by atoms with Gasteiger partial charge < -0.3 is 44.5 Å². The molecule has 8 atom stereocenters. The maximum absolute atomic E-state index is 10.5. The molecule has 0 aromatic rings. The summed E-state index contributed by atoms with van der Waals surface area (Å²) in [7, 11) is 0. The molecule has 5 N–H and O–H groups in total. The first kappa shape index (κ1) is 25.9. The Hall–Kier alpha value is -1.40. The molecule has 0 spiro atoms. The van der Waals surface area contributed by atoms with Crippen LogP contribution in [0.1, 0.15) is 19.8 Å². The Labute approximate surface area is 182 Å². The summed E-state index contributed by atoms with van der Waals surface area (Å²) in [6.07, 6.45) is -0.724. The molecule has 2 saturated heterocycles. The molecule has 0 saturated carbocycles. The maximum atomic E-state index is 10.5. The first-order valence-electron chi connectivity index (χ1n) is 10.3. The van der Waals surface area contributed by atoms with E-state index in [1.807, 2.05) is 25.2 Å². The van der Waals surface area contributed by atoms with Crippen molar-refractivity contribution in [3.8, 4) is 0 Å². The number of hydrogen-bond acceptors (Lipinski definition) is 9. The minimum Gasteiger partial charge on any atom is -0.394 e. The number of ether oxygens (including phenoxy) is 4. The van der Waals surface area contributed by atoms with Crippen molar-refractivity contribution in [3.05, 3.63) is 48.6 Å². The van der Waals surface area contributed by atoms with E-state index in [1.54, 1.807) is 6.08 Å². The third kappa shape index (κ3) is 7.60. The van der Waals surface area contributed by atoms with Crippen LogP contribution in [-0.4, -0.2) is 94.6 Å². The van der Waals surface area contributed by atoms with Gasteiger partial charge in [0.1, 0.15) is 24.4 Å². The molecule has 0 radical (unpaired) electrons. The van der Waals surface area contributed by atoms with E-state index in [-0.39, 0.29) is 19.4 Å². The highest BCUT2D eigenvalue weighted by atomic mass is 16.7. The van der Waals surface area contributed by atoms with Gasteiger partial charge in [-0.25, -0.2) is 0 Å². The number of allylic oxidation sites excluding steroid dienone is 5. The second-order valence-electron chi connectivity index (χ2n) is 7.73. The number of aliphatic hydroxyl groups excluding tert-OH is 5. The highest BCUT2D eigenvalue weighted by Crippen LogP contribution is 2.29. The average molecular weight is 443 g/mol. The number of hydrogen-bond donors (Lipinski definition) is 5. The third-order valence-corrected chi connectivity index (χ3v) is 5.16. The van der Waals surface area contributed by atoms with Crippen molar-refractivity contribution in [1.82, 2.24) is 0 Å². The van der Waals surface area contributed by atoms with E-state index in [0.29, 0.717) is 0 Å². The minimum atomic E-state index is -1.23. The lowest BCUT2D eigenvalue weighted by atomic mass is 10.00. The average Bonchev–Trinajstić information content (AvgIpc) is 2.75. The van der Waals surface area contributed by atoms with Gasteiger partial charge in [0.15, 0.2) is 12.6 Å². The largest absolute Gasteiger partial charge is 0.394 e. The molecule has 2 fully saturated rings. The van der Waals surface area contributed by atoms with Gasteiger partial charge in [-0.15, -0.1) is 0 Å². The van der Waals surface area contributed by atoms with Crippen molar-refractivity contribution in [2.75, 3.05) is 19.8 Å². The molecule has 0 aliphatic carbocycles. The van der Waals surface area contributed by atoms with Crippen LogP contribution < -0.4 is 0 Å². The van der Waals surface area contributed by atoms with Crippen LogP contribution in [0.4, 0.5) is 0 Å². The molecule has 9 heteroatoms. The molecule has 2 aliphatic heterocycles. The van der Waals surface area contributed by atoms with Crippen LogP contribution in [0.25, 0.3) is 0 Å². The van der Waals surface area contributed by atoms with Crippen molar-refractivity contribution in [2.45, 2.75) is 69.0 Å². The molecule has 9 nitrogen and oxygen atoms in total. The summed E-state index contributed by atoms with van der Waals surface area (Å²) in [5, 5.41) is 49.3. The molecular formula is C22H34O9. The first-order valence-corrected chi connectivity index (χ1v) is 10.3. The summed E-state index contributed by atoms with van der Waals surface area (Å²) in [5.74, 6) is 0. The van der Waals surface area contributed by atoms with Gasteiger partial charge in [0.2, 0.25) is 0 Å². The molecule has 2 heterocycles. The quantitative estimate of drug-likeness (QED) is 0.294. The lowest BCUT2D eigenvalue weighted by Gasteiger charge is -2.42. The molecule has 0 amide bonds. The standard InChI is InChI=1S/C22H34O9/c1-4-13(2)6-5-7-14(3)12-28-19-9-16(26)22(18(11-24)30-19)31-20-8-15(25)21(27)17(10-23)29-20/h4-7,15-27H,1-2,8-12H2,3H3/b6-5+,14-7+/t15-,16?,17?,18?,19?,20?,21+,22+/m1/s1. The molecular weight excluding hydrogens is 408 g/mol. The maximum Gasteiger partial charge on any atom is 0.161 e. The Balaban J connectivity index is 1.89. The fourth-order valence-electron chi connectivity index (χ4n) is 3.35. The fraction of sp³-hybridized carbons (Fsp3) is 0.636. The lowest BCUT2D eigenvalue weighted by molar-refractivity contribution is -0.320. The van der Waals surface area contributed by atoms with Crippen LogP contribution in [-0.2, 0) is 18.9 Å². The van der Waals surface area contributed by atoms with Crippen LogP contribution in [0.15, 0.2) is 48.6 Å². The second-order valence-corrected chi connectivity index (χ2v) is 7.73. The van der Waals surface area contributed by atoms with Gasteiger partial charge in [0.25, 0.3) is 0 Å². The zero-order valence-corrected chi connectivity index (χ0v) is 17.7. The fourth-order valence-corrected chi connectivity index (χ4v) is 3.35. The van der Waals surface area contributed by atoms with Gasteiger partial charge in [-0.05, 0) is 18.1 Å². The Kier molecular flexibility index (Phi) is 10.5. The molecule has 2 rings (SSSR count). The predicted molar refractivity (Wildman–Crippen MR) is 112 cm³/mol.